The van der Waals surface area contributed by atoms with Crippen molar-refractivity contribution < 1.29 is 0 Å². The molecule has 2 aliphatic rings. The van der Waals surface area contributed by atoms with Crippen LogP contribution in [0.15, 0.2) is 0 Å². The summed E-state index contributed by atoms with van der Waals surface area (Å²) >= 11 is 0. The van der Waals surface area contributed by atoms with E-state index in [0.717, 1.165) is 36.5 Å². The van der Waals surface area contributed by atoms with Crippen LogP contribution >= 0.6 is 0 Å². The zero-order valence-electron chi connectivity index (χ0n) is 14.2. The Morgan fingerprint density at radius 1 is 0.762 bits per heavy atom. The Kier molecular flexibility index (Phi) is 7.62. The molecule has 1 nitrogen and oxygen atoms in total. The van der Waals surface area contributed by atoms with Crippen LogP contribution in [0.5, 0.6) is 0 Å². The fourth-order valence-corrected chi connectivity index (χ4v) is 4.85. The van der Waals surface area contributed by atoms with Gasteiger partial charge in [0, 0.05) is 6.42 Å². The lowest BCUT2D eigenvalue weighted by Gasteiger charge is -2.38. The Morgan fingerprint density at radius 2 is 1.29 bits per heavy atom. The van der Waals surface area contributed by atoms with Crippen LogP contribution in [-0.4, -0.2) is 0 Å². The van der Waals surface area contributed by atoms with Gasteiger partial charge in [0.25, 0.3) is 0 Å². The SMILES string of the molecule is CCCCC[C@H]1CC[C@H]([C@H]2CC[C@H](CCC#N)CC2)CC1. The first-order valence-electron chi connectivity index (χ1n) is 9.70. The molecule has 0 amide bonds. The molecule has 0 heterocycles. The maximum absolute atomic E-state index is 8.70. The Hall–Kier alpha value is -0.510. The van der Waals surface area contributed by atoms with Crippen LogP contribution in [0.4, 0.5) is 0 Å². The normalized spacial score (nSPS) is 33.5. The summed E-state index contributed by atoms with van der Waals surface area (Å²) in [6.45, 7) is 2.31. The Balaban J connectivity index is 1.61. The van der Waals surface area contributed by atoms with Gasteiger partial charge in [0.05, 0.1) is 6.07 Å². The highest BCUT2D eigenvalue weighted by Gasteiger charge is 2.30. The second-order valence-electron chi connectivity index (χ2n) is 7.75. The molecule has 0 unspecified atom stereocenters. The molecule has 0 aromatic carbocycles. The molecule has 0 N–H and O–H groups in total. The molecule has 2 rings (SSSR count). The molecular formula is C20H35N. The molecule has 2 fully saturated rings. The standard InChI is InChI=1S/C20H35N/c1-2-3-4-6-17-8-12-19(13-9-17)20-14-10-18(11-15-20)7-5-16-21/h17-20H,2-15H2,1H3/t17-,18-,19-,20-. The predicted octanol–water partition coefficient (Wildman–Crippen LogP) is 6.48. The van der Waals surface area contributed by atoms with Crippen molar-refractivity contribution in [3.8, 4) is 6.07 Å². The number of nitriles is 1. The van der Waals surface area contributed by atoms with Gasteiger partial charge in [0.15, 0.2) is 0 Å². The van der Waals surface area contributed by atoms with Crippen molar-refractivity contribution in [1.82, 2.24) is 0 Å². The first-order chi connectivity index (χ1) is 10.3. The second-order valence-corrected chi connectivity index (χ2v) is 7.75. The summed E-state index contributed by atoms with van der Waals surface area (Å²) in [4.78, 5) is 0. The minimum absolute atomic E-state index is 0.776. The zero-order valence-corrected chi connectivity index (χ0v) is 14.2. The van der Waals surface area contributed by atoms with E-state index in [9.17, 15) is 0 Å². The summed E-state index contributed by atoms with van der Waals surface area (Å²) in [5.41, 5.74) is 0. The van der Waals surface area contributed by atoms with Crippen molar-refractivity contribution in [3.63, 3.8) is 0 Å². The summed E-state index contributed by atoms with van der Waals surface area (Å²) in [6.07, 6.45) is 19.5. The van der Waals surface area contributed by atoms with Crippen molar-refractivity contribution in [3.05, 3.63) is 0 Å². The van der Waals surface area contributed by atoms with E-state index < -0.39 is 0 Å². The van der Waals surface area contributed by atoms with E-state index in [-0.39, 0.29) is 0 Å². The van der Waals surface area contributed by atoms with Gasteiger partial charge in [0.2, 0.25) is 0 Å². The largest absolute Gasteiger partial charge is 0.198 e. The Labute approximate surface area is 132 Å². The third-order valence-electron chi connectivity index (χ3n) is 6.33. The number of hydrogen-bond donors (Lipinski definition) is 0. The van der Waals surface area contributed by atoms with Crippen molar-refractivity contribution in [2.24, 2.45) is 23.7 Å². The quantitative estimate of drug-likeness (QED) is 0.492. The van der Waals surface area contributed by atoms with E-state index in [1.165, 1.54) is 77.0 Å². The van der Waals surface area contributed by atoms with Gasteiger partial charge in [-0.2, -0.15) is 5.26 Å². The highest BCUT2D eigenvalue weighted by Crippen LogP contribution is 2.42. The average Bonchev–Trinajstić information content (AvgIpc) is 2.54. The molecule has 0 saturated heterocycles. The molecular weight excluding hydrogens is 254 g/mol. The van der Waals surface area contributed by atoms with Crippen LogP contribution in [0, 0.1) is 35.0 Å². The molecule has 21 heavy (non-hydrogen) atoms. The molecule has 2 aliphatic carbocycles. The molecule has 0 atom stereocenters. The van der Waals surface area contributed by atoms with Crippen LogP contribution in [0.1, 0.15) is 96.8 Å². The maximum Gasteiger partial charge on any atom is 0.0621 e. The third-order valence-corrected chi connectivity index (χ3v) is 6.33. The van der Waals surface area contributed by atoms with E-state index in [1.54, 1.807) is 0 Å². The van der Waals surface area contributed by atoms with Gasteiger partial charge in [-0.05, 0) is 55.8 Å². The molecule has 0 radical (unpaired) electrons. The minimum Gasteiger partial charge on any atom is -0.198 e. The van der Waals surface area contributed by atoms with Gasteiger partial charge in [-0.3, -0.25) is 0 Å². The van der Waals surface area contributed by atoms with Gasteiger partial charge >= 0.3 is 0 Å². The summed E-state index contributed by atoms with van der Waals surface area (Å²) in [5.74, 6) is 4.00. The van der Waals surface area contributed by atoms with Crippen molar-refractivity contribution >= 4 is 0 Å². The van der Waals surface area contributed by atoms with Gasteiger partial charge < -0.3 is 0 Å². The van der Waals surface area contributed by atoms with Gasteiger partial charge in [0.1, 0.15) is 0 Å². The monoisotopic (exact) mass is 289 g/mol. The van der Waals surface area contributed by atoms with Crippen molar-refractivity contribution in [2.45, 2.75) is 96.8 Å². The summed E-state index contributed by atoms with van der Waals surface area (Å²) in [5, 5.41) is 8.70. The van der Waals surface area contributed by atoms with Crippen LogP contribution in [0.3, 0.4) is 0 Å². The third kappa shape index (κ3) is 5.65. The van der Waals surface area contributed by atoms with Crippen LogP contribution < -0.4 is 0 Å². The van der Waals surface area contributed by atoms with Gasteiger partial charge in [-0.15, -0.1) is 0 Å². The fraction of sp³-hybridized carbons (Fsp3) is 0.950. The lowest BCUT2D eigenvalue weighted by atomic mass is 9.68. The molecule has 0 bridgehead atoms. The topological polar surface area (TPSA) is 23.8 Å². The van der Waals surface area contributed by atoms with E-state index in [2.05, 4.69) is 13.0 Å². The molecule has 0 aliphatic heterocycles. The van der Waals surface area contributed by atoms with E-state index in [4.69, 9.17) is 5.26 Å². The van der Waals surface area contributed by atoms with E-state index in [1.807, 2.05) is 0 Å². The predicted molar refractivity (Wildman–Crippen MR) is 89.9 cm³/mol. The summed E-state index contributed by atoms with van der Waals surface area (Å²) < 4.78 is 0. The highest BCUT2D eigenvalue weighted by molar-refractivity contribution is 4.83. The van der Waals surface area contributed by atoms with Crippen LogP contribution in [0.25, 0.3) is 0 Å². The van der Waals surface area contributed by atoms with Crippen molar-refractivity contribution in [1.29, 1.82) is 5.26 Å². The molecule has 0 aromatic heterocycles. The van der Waals surface area contributed by atoms with E-state index in [0.29, 0.717) is 0 Å². The Morgan fingerprint density at radius 3 is 1.76 bits per heavy atom. The lowest BCUT2D eigenvalue weighted by Crippen LogP contribution is -2.25. The summed E-state index contributed by atoms with van der Waals surface area (Å²) in [6, 6.07) is 2.32. The van der Waals surface area contributed by atoms with Crippen LogP contribution in [-0.2, 0) is 0 Å². The smallest absolute Gasteiger partial charge is 0.0621 e. The second kappa shape index (κ2) is 9.50. The number of rotatable bonds is 7. The first-order valence-corrected chi connectivity index (χ1v) is 9.70. The molecule has 0 aromatic rings. The minimum atomic E-state index is 0.776. The zero-order chi connectivity index (χ0) is 14.9. The summed E-state index contributed by atoms with van der Waals surface area (Å²) in [7, 11) is 0. The average molecular weight is 290 g/mol. The number of unbranched alkanes of at least 4 members (excludes halogenated alkanes) is 2. The van der Waals surface area contributed by atoms with Crippen LogP contribution in [0.2, 0.25) is 0 Å². The van der Waals surface area contributed by atoms with E-state index >= 15 is 0 Å². The molecule has 1 heteroatoms. The number of hydrogen-bond acceptors (Lipinski definition) is 1. The van der Waals surface area contributed by atoms with Gasteiger partial charge in [-0.25, -0.2) is 0 Å². The lowest BCUT2D eigenvalue weighted by molar-refractivity contribution is 0.141. The van der Waals surface area contributed by atoms with Gasteiger partial charge in [-0.1, -0.05) is 58.3 Å². The first kappa shape index (κ1) is 16.9. The molecule has 120 valence electrons. The highest BCUT2D eigenvalue weighted by atomic mass is 14.4. The number of nitrogens with zero attached hydrogens (tertiary/aromatic N) is 1. The maximum atomic E-state index is 8.70. The molecule has 2 saturated carbocycles. The Bertz CT molecular complexity index is 300. The fourth-order valence-electron chi connectivity index (χ4n) is 4.85. The molecule has 0 spiro atoms. The van der Waals surface area contributed by atoms with Crippen molar-refractivity contribution in [2.75, 3.05) is 0 Å².